The van der Waals surface area contributed by atoms with Crippen molar-refractivity contribution in [1.82, 2.24) is 14.9 Å². The molecule has 0 bridgehead atoms. The summed E-state index contributed by atoms with van der Waals surface area (Å²) in [7, 11) is 0. The first kappa shape index (κ1) is 21.5. The second kappa shape index (κ2) is 9.21. The number of carboxylic acids is 1. The van der Waals surface area contributed by atoms with Gasteiger partial charge in [-0.2, -0.15) is 0 Å². The Kier molecular flexibility index (Phi) is 6.20. The minimum atomic E-state index is -1.10. The number of nitrogens with one attached hydrogen (secondary N) is 2. The number of aromatic nitrogens is 2. The van der Waals surface area contributed by atoms with E-state index in [2.05, 4.69) is 10.3 Å². The van der Waals surface area contributed by atoms with Gasteiger partial charge in [-0.25, -0.2) is 9.59 Å². The third-order valence-corrected chi connectivity index (χ3v) is 6.21. The molecule has 0 radical (unpaired) electrons. The molecule has 1 amide bonds. The summed E-state index contributed by atoms with van der Waals surface area (Å²) in [5.41, 5.74) is 0.305. The molecule has 1 fully saturated rings. The zero-order valence-corrected chi connectivity index (χ0v) is 17.5. The van der Waals surface area contributed by atoms with E-state index in [1.807, 2.05) is 0 Å². The predicted octanol–water partition coefficient (Wildman–Crippen LogP) is 2.44. The van der Waals surface area contributed by atoms with Gasteiger partial charge in [0, 0.05) is 12.5 Å². The molecule has 3 aromatic rings. The molecule has 1 atom stereocenters. The van der Waals surface area contributed by atoms with Crippen molar-refractivity contribution in [3.05, 3.63) is 81.0 Å². The molecule has 0 spiro atoms. The summed E-state index contributed by atoms with van der Waals surface area (Å²) >= 11 is 0. The number of carboxylic acid groups (broad SMARTS) is 1. The van der Waals surface area contributed by atoms with Crippen LogP contribution in [0.3, 0.4) is 0 Å². The van der Waals surface area contributed by atoms with Gasteiger partial charge in [0.2, 0.25) is 5.91 Å². The van der Waals surface area contributed by atoms with Crippen molar-refractivity contribution in [2.24, 2.45) is 11.8 Å². The van der Waals surface area contributed by atoms with E-state index in [0.717, 1.165) is 0 Å². The molecule has 0 aliphatic heterocycles. The number of rotatable bonds is 6. The summed E-state index contributed by atoms with van der Waals surface area (Å²) in [4.78, 5) is 52.3. The van der Waals surface area contributed by atoms with Gasteiger partial charge >= 0.3 is 11.7 Å². The second-order valence-corrected chi connectivity index (χ2v) is 8.30. The molecule has 1 aliphatic carbocycles. The maximum atomic E-state index is 12.7. The lowest BCUT2D eigenvalue weighted by atomic mass is 9.81. The van der Waals surface area contributed by atoms with Crippen LogP contribution in [0.25, 0.3) is 10.9 Å². The number of carbonyl (C=O) groups excluding carboxylic acids is 1. The number of hydrogen-bond donors (Lipinski definition) is 3. The first-order chi connectivity index (χ1) is 15.4. The topological polar surface area (TPSA) is 121 Å². The molecule has 32 heavy (non-hydrogen) atoms. The minimum Gasteiger partial charge on any atom is -0.479 e. The van der Waals surface area contributed by atoms with E-state index in [0.29, 0.717) is 48.7 Å². The molecular weight excluding hydrogens is 410 g/mol. The number of benzene rings is 2. The minimum absolute atomic E-state index is 0.100. The van der Waals surface area contributed by atoms with Crippen molar-refractivity contribution in [1.29, 1.82) is 0 Å². The number of aromatic amines is 1. The Bertz CT molecular complexity index is 1240. The van der Waals surface area contributed by atoms with Crippen molar-refractivity contribution in [3.63, 3.8) is 0 Å². The van der Waals surface area contributed by atoms with Crippen LogP contribution in [-0.2, 0) is 16.1 Å². The van der Waals surface area contributed by atoms with Crippen LogP contribution in [0.2, 0.25) is 0 Å². The van der Waals surface area contributed by atoms with Gasteiger partial charge in [0.25, 0.3) is 5.56 Å². The van der Waals surface area contributed by atoms with Gasteiger partial charge in [-0.1, -0.05) is 42.5 Å². The van der Waals surface area contributed by atoms with Gasteiger partial charge in [-0.3, -0.25) is 14.2 Å². The van der Waals surface area contributed by atoms with E-state index in [-0.39, 0.29) is 23.3 Å². The molecule has 4 rings (SSSR count). The zero-order chi connectivity index (χ0) is 22.7. The van der Waals surface area contributed by atoms with Crippen molar-refractivity contribution >= 4 is 22.8 Å². The maximum absolute atomic E-state index is 12.7. The van der Waals surface area contributed by atoms with Crippen LogP contribution in [0.15, 0.2) is 64.2 Å². The van der Waals surface area contributed by atoms with Gasteiger partial charge in [0.1, 0.15) is 0 Å². The number of H-pyrrole nitrogens is 1. The Hall–Kier alpha value is -3.68. The van der Waals surface area contributed by atoms with E-state index >= 15 is 0 Å². The summed E-state index contributed by atoms with van der Waals surface area (Å²) in [5, 5.41) is 12.7. The molecule has 1 aliphatic rings. The van der Waals surface area contributed by atoms with Crippen molar-refractivity contribution in [2.75, 3.05) is 0 Å². The first-order valence-electron chi connectivity index (χ1n) is 10.7. The average molecular weight is 435 g/mol. The van der Waals surface area contributed by atoms with E-state index < -0.39 is 17.7 Å². The second-order valence-electron chi connectivity index (χ2n) is 8.30. The molecule has 166 valence electrons. The highest BCUT2D eigenvalue weighted by atomic mass is 16.4. The number of para-hydroxylation sites is 1. The smallest absolute Gasteiger partial charge is 0.330 e. The summed E-state index contributed by atoms with van der Waals surface area (Å²) in [6.07, 6.45) is 2.52. The summed E-state index contributed by atoms with van der Waals surface area (Å²) in [6, 6.07) is 14.4. The van der Waals surface area contributed by atoms with Crippen molar-refractivity contribution in [2.45, 2.75) is 38.3 Å². The third-order valence-electron chi connectivity index (χ3n) is 6.21. The van der Waals surface area contributed by atoms with Crippen LogP contribution >= 0.6 is 0 Å². The molecule has 8 heteroatoms. The van der Waals surface area contributed by atoms with Crippen LogP contribution in [0.5, 0.6) is 0 Å². The Morgan fingerprint density at radius 2 is 1.66 bits per heavy atom. The summed E-state index contributed by atoms with van der Waals surface area (Å²) in [6.45, 7) is 0.301. The predicted molar refractivity (Wildman–Crippen MR) is 119 cm³/mol. The highest BCUT2D eigenvalue weighted by Crippen LogP contribution is 2.30. The molecule has 1 aromatic heterocycles. The van der Waals surface area contributed by atoms with Gasteiger partial charge in [0.15, 0.2) is 6.04 Å². The fourth-order valence-electron chi connectivity index (χ4n) is 4.42. The highest BCUT2D eigenvalue weighted by molar-refractivity contribution is 5.85. The zero-order valence-electron chi connectivity index (χ0n) is 17.5. The lowest BCUT2D eigenvalue weighted by Gasteiger charge is -2.29. The molecule has 1 heterocycles. The fourth-order valence-corrected chi connectivity index (χ4v) is 4.42. The Balaban J connectivity index is 1.40. The van der Waals surface area contributed by atoms with Crippen LogP contribution < -0.4 is 16.6 Å². The number of fused-ring (bicyclic) bond motifs is 1. The van der Waals surface area contributed by atoms with E-state index in [1.165, 1.54) is 4.57 Å². The van der Waals surface area contributed by atoms with Crippen LogP contribution in [0.1, 0.15) is 37.3 Å². The maximum Gasteiger partial charge on any atom is 0.330 e. The standard InChI is InChI=1S/C24H25N3O5/c28-21(26-20(23(30)31)16-6-2-1-3-7-16)17-12-10-15(11-13-17)14-27-22(29)18-8-4-5-9-19(18)25-24(27)32/h1-9,15,17,20H,10-14H2,(H,25,32)(H,26,28)(H,30,31). The summed E-state index contributed by atoms with van der Waals surface area (Å²) < 4.78 is 1.24. The summed E-state index contributed by atoms with van der Waals surface area (Å²) in [5.74, 6) is -1.57. The Labute approximate surface area is 183 Å². The number of hydrogen-bond acceptors (Lipinski definition) is 4. The van der Waals surface area contributed by atoms with Crippen LogP contribution in [0.4, 0.5) is 0 Å². The quantitative estimate of drug-likeness (QED) is 0.549. The normalized spacial score (nSPS) is 19.4. The van der Waals surface area contributed by atoms with Crippen molar-refractivity contribution in [3.8, 4) is 0 Å². The first-order valence-corrected chi connectivity index (χ1v) is 10.7. The molecule has 1 saturated carbocycles. The molecule has 3 N–H and O–H groups in total. The molecule has 0 saturated heterocycles. The van der Waals surface area contributed by atoms with E-state index in [4.69, 9.17) is 0 Å². The molecule has 2 aromatic carbocycles. The molecular formula is C24H25N3O5. The highest BCUT2D eigenvalue weighted by Gasteiger charge is 2.30. The molecule has 1 unspecified atom stereocenters. The number of carbonyl (C=O) groups is 2. The SMILES string of the molecule is O=C(NC(C(=O)O)c1ccccc1)C1CCC(Cn2c(=O)[nH]c3ccccc3c2=O)CC1. The molecule has 8 nitrogen and oxygen atoms in total. The Morgan fingerprint density at radius 3 is 2.34 bits per heavy atom. The van der Waals surface area contributed by atoms with Crippen molar-refractivity contribution < 1.29 is 14.7 Å². The average Bonchev–Trinajstić information content (AvgIpc) is 2.81. The monoisotopic (exact) mass is 435 g/mol. The lowest BCUT2D eigenvalue weighted by molar-refractivity contribution is -0.143. The van der Waals surface area contributed by atoms with Gasteiger partial charge < -0.3 is 15.4 Å². The van der Waals surface area contributed by atoms with Gasteiger partial charge in [-0.05, 0) is 49.3 Å². The largest absolute Gasteiger partial charge is 0.479 e. The van der Waals surface area contributed by atoms with Gasteiger partial charge in [-0.15, -0.1) is 0 Å². The Morgan fingerprint density at radius 1 is 1.00 bits per heavy atom. The third kappa shape index (κ3) is 4.49. The number of nitrogens with zero attached hydrogens (tertiary/aromatic N) is 1. The number of amides is 1. The van der Waals surface area contributed by atoms with Gasteiger partial charge in [0.05, 0.1) is 10.9 Å². The lowest BCUT2D eigenvalue weighted by Crippen LogP contribution is -2.40. The number of aliphatic carboxylic acids is 1. The van der Waals surface area contributed by atoms with Crippen LogP contribution in [-0.4, -0.2) is 26.5 Å². The fraction of sp³-hybridized carbons (Fsp3) is 0.333. The van der Waals surface area contributed by atoms with E-state index in [9.17, 15) is 24.3 Å². The van der Waals surface area contributed by atoms with Crippen LogP contribution in [0, 0.1) is 11.8 Å². The van der Waals surface area contributed by atoms with E-state index in [1.54, 1.807) is 54.6 Å².